The molecule has 4 nitrogen and oxygen atoms in total. The third kappa shape index (κ3) is 4.22. The van der Waals surface area contributed by atoms with Crippen molar-refractivity contribution in [2.24, 2.45) is 0 Å². The minimum atomic E-state index is -0.116. The highest BCUT2D eigenvalue weighted by molar-refractivity contribution is 5.86. The van der Waals surface area contributed by atoms with E-state index >= 15 is 0 Å². The van der Waals surface area contributed by atoms with Gasteiger partial charge in [-0.15, -0.1) is 0 Å². The molecule has 0 spiro atoms. The summed E-state index contributed by atoms with van der Waals surface area (Å²) in [7, 11) is 0. The van der Waals surface area contributed by atoms with E-state index in [0.29, 0.717) is 6.42 Å². The summed E-state index contributed by atoms with van der Waals surface area (Å²) >= 11 is 0. The predicted molar refractivity (Wildman–Crippen MR) is 94.4 cm³/mol. The highest BCUT2D eigenvalue weighted by Gasteiger charge is 2.18. The fourth-order valence-electron chi connectivity index (χ4n) is 2.95. The van der Waals surface area contributed by atoms with Gasteiger partial charge >= 0.3 is 0 Å². The van der Waals surface area contributed by atoms with Gasteiger partial charge in [0, 0.05) is 13.1 Å². The van der Waals surface area contributed by atoms with Crippen LogP contribution >= 0.6 is 0 Å². The molecule has 1 heterocycles. The summed E-state index contributed by atoms with van der Waals surface area (Å²) in [4.78, 5) is 25.7. The van der Waals surface area contributed by atoms with Gasteiger partial charge in [-0.1, -0.05) is 54.6 Å². The van der Waals surface area contributed by atoms with Crippen LogP contribution in [-0.4, -0.2) is 36.3 Å². The monoisotopic (exact) mass is 322 g/mol. The minimum absolute atomic E-state index is 0.0141. The quantitative estimate of drug-likeness (QED) is 0.920. The van der Waals surface area contributed by atoms with Crippen LogP contribution in [0.4, 0.5) is 0 Å². The average molecular weight is 322 g/mol. The van der Waals surface area contributed by atoms with E-state index in [2.05, 4.69) is 17.4 Å². The van der Waals surface area contributed by atoms with Crippen LogP contribution in [0.3, 0.4) is 0 Å². The van der Waals surface area contributed by atoms with Crippen LogP contribution in [0, 0.1) is 0 Å². The van der Waals surface area contributed by atoms with Gasteiger partial charge in [0.2, 0.25) is 11.8 Å². The van der Waals surface area contributed by atoms with E-state index in [1.54, 1.807) is 0 Å². The molecule has 0 radical (unpaired) electrons. The molecule has 0 unspecified atom stereocenters. The second-order valence-corrected chi connectivity index (χ2v) is 6.10. The van der Waals surface area contributed by atoms with E-state index in [4.69, 9.17) is 0 Å². The topological polar surface area (TPSA) is 49.4 Å². The molecule has 0 aromatic heterocycles. The Hall–Kier alpha value is -2.62. The van der Waals surface area contributed by atoms with Crippen molar-refractivity contribution in [2.75, 3.05) is 19.6 Å². The summed E-state index contributed by atoms with van der Waals surface area (Å²) in [5.41, 5.74) is 3.23. The molecule has 2 aromatic carbocycles. The second-order valence-electron chi connectivity index (χ2n) is 6.10. The number of carbonyl (C=O) groups is 2. The molecule has 0 aliphatic carbocycles. The number of carbonyl (C=O) groups excluding carboxylic acids is 2. The molecule has 1 aliphatic rings. The molecule has 24 heavy (non-hydrogen) atoms. The highest BCUT2D eigenvalue weighted by atomic mass is 16.2. The Balaban J connectivity index is 1.50. The van der Waals surface area contributed by atoms with Gasteiger partial charge in [0.1, 0.15) is 0 Å². The highest BCUT2D eigenvalue weighted by Crippen LogP contribution is 2.19. The van der Waals surface area contributed by atoms with Gasteiger partial charge in [-0.3, -0.25) is 9.59 Å². The summed E-state index contributed by atoms with van der Waals surface area (Å²) in [6.07, 6.45) is 2.42. The molecule has 0 saturated carbocycles. The van der Waals surface area contributed by atoms with Crippen molar-refractivity contribution >= 4 is 11.8 Å². The Labute approximate surface area is 142 Å². The van der Waals surface area contributed by atoms with Crippen LogP contribution in [0.15, 0.2) is 54.6 Å². The number of nitrogens with one attached hydrogen (secondary N) is 1. The van der Waals surface area contributed by atoms with Crippen molar-refractivity contribution in [3.05, 3.63) is 60.2 Å². The first-order chi connectivity index (χ1) is 11.7. The Morgan fingerprint density at radius 1 is 0.875 bits per heavy atom. The normalized spacial score (nSPS) is 13.8. The van der Waals surface area contributed by atoms with E-state index in [-0.39, 0.29) is 18.4 Å². The Morgan fingerprint density at radius 3 is 2.17 bits per heavy atom. The largest absolute Gasteiger partial charge is 0.347 e. The maximum atomic E-state index is 12.0. The predicted octanol–water partition coefficient (Wildman–Crippen LogP) is 2.63. The molecule has 0 atom stereocenters. The van der Waals surface area contributed by atoms with Crippen LogP contribution in [0.2, 0.25) is 0 Å². The van der Waals surface area contributed by atoms with Gasteiger partial charge in [-0.25, -0.2) is 0 Å². The van der Waals surface area contributed by atoms with E-state index < -0.39 is 0 Å². The minimum Gasteiger partial charge on any atom is -0.347 e. The molecule has 0 bridgehead atoms. The summed E-state index contributed by atoms with van der Waals surface area (Å²) in [5, 5.41) is 2.72. The standard InChI is InChI=1S/C20H22N2O2/c23-19(21-15-20(24)22-12-4-5-13-22)14-16-8-10-18(11-9-16)17-6-2-1-3-7-17/h1-3,6-11H,4-5,12-15H2,(H,21,23). The summed E-state index contributed by atoms with van der Waals surface area (Å²) in [6, 6.07) is 18.1. The molecule has 2 aromatic rings. The summed E-state index contributed by atoms with van der Waals surface area (Å²) in [5.74, 6) is -0.102. The lowest BCUT2D eigenvalue weighted by Crippen LogP contribution is -2.39. The van der Waals surface area contributed by atoms with E-state index in [1.807, 2.05) is 47.4 Å². The Bertz CT molecular complexity index is 689. The summed E-state index contributed by atoms with van der Waals surface area (Å²) < 4.78 is 0. The van der Waals surface area contributed by atoms with E-state index in [0.717, 1.165) is 42.6 Å². The maximum absolute atomic E-state index is 12.0. The Morgan fingerprint density at radius 2 is 1.50 bits per heavy atom. The van der Waals surface area contributed by atoms with Gasteiger partial charge in [0.05, 0.1) is 13.0 Å². The van der Waals surface area contributed by atoms with Crippen molar-refractivity contribution in [1.82, 2.24) is 10.2 Å². The molecule has 124 valence electrons. The number of nitrogens with zero attached hydrogens (tertiary/aromatic N) is 1. The van der Waals surface area contributed by atoms with Crippen LogP contribution < -0.4 is 5.32 Å². The molecular weight excluding hydrogens is 300 g/mol. The average Bonchev–Trinajstić information content (AvgIpc) is 3.16. The number of amides is 2. The van der Waals surface area contributed by atoms with Gasteiger partial charge in [0.25, 0.3) is 0 Å². The molecule has 1 fully saturated rings. The zero-order valence-electron chi connectivity index (χ0n) is 13.7. The molecule has 1 saturated heterocycles. The van der Waals surface area contributed by atoms with Crippen LogP contribution in [0.5, 0.6) is 0 Å². The van der Waals surface area contributed by atoms with E-state index in [1.165, 1.54) is 0 Å². The number of likely N-dealkylation sites (tertiary alicyclic amines) is 1. The van der Waals surface area contributed by atoms with Gasteiger partial charge in [-0.05, 0) is 29.5 Å². The number of hydrogen-bond acceptors (Lipinski definition) is 2. The fraction of sp³-hybridized carbons (Fsp3) is 0.300. The lowest BCUT2D eigenvalue weighted by molar-refractivity contribution is -0.131. The van der Waals surface area contributed by atoms with Crippen molar-refractivity contribution in [3.63, 3.8) is 0 Å². The SMILES string of the molecule is O=C(Cc1ccc(-c2ccccc2)cc1)NCC(=O)N1CCCC1. The zero-order chi connectivity index (χ0) is 16.8. The van der Waals surface area contributed by atoms with Crippen molar-refractivity contribution in [2.45, 2.75) is 19.3 Å². The third-order valence-corrected chi connectivity index (χ3v) is 4.32. The first kappa shape index (κ1) is 16.2. The van der Waals surface area contributed by atoms with Gasteiger partial charge in [0.15, 0.2) is 0 Å². The van der Waals surface area contributed by atoms with Crippen molar-refractivity contribution in [1.29, 1.82) is 0 Å². The number of rotatable bonds is 5. The van der Waals surface area contributed by atoms with Gasteiger partial charge < -0.3 is 10.2 Å². The summed E-state index contributed by atoms with van der Waals surface area (Å²) in [6.45, 7) is 1.73. The maximum Gasteiger partial charge on any atom is 0.241 e. The molecule has 1 N–H and O–H groups in total. The molecule has 2 amide bonds. The van der Waals surface area contributed by atoms with E-state index in [9.17, 15) is 9.59 Å². The number of benzene rings is 2. The fourth-order valence-corrected chi connectivity index (χ4v) is 2.95. The lowest BCUT2D eigenvalue weighted by atomic mass is 10.0. The second kappa shape index (κ2) is 7.77. The van der Waals surface area contributed by atoms with Crippen LogP contribution in [0.1, 0.15) is 18.4 Å². The molecular formula is C20H22N2O2. The molecule has 1 aliphatic heterocycles. The smallest absolute Gasteiger partial charge is 0.241 e. The Kier molecular flexibility index (Phi) is 5.26. The van der Waals surface area contributed by atoms with Crippen LogP contribution in [0.25, 0.3) is 11.1 Å². The first-order valence-corrected chi connectivity index (χ1v) is 8.41. The lowest BCUT2D eigenvalue weighted by Gasteiger charge is -2.15. The van der Waals surface area contributed by atoms with Crippen molar-refractivity contribution in [3.8, 4) is 11.1 Å². The molecule has 4 heteroatoms. The van der Waals surface area contributed by atoms with Crippen LogP contribution in [-0.2, 0) is 16.0 Å². The third-order valence-electron chi connectivity index (χ3n) is 4.32. The zero-order valence-corrected chi connectivity index (χ0v) is 13.7. The number of hydrogen-bond donors (Lipinski definition) is 1. The van der Waals surface area contributed by atoms with Crippen molar-refractivity contribution < 1.29 is 9.59 Å². The first-order valence-electron chi connectivity index (χ1n) is 8.41. The molecule has 3 rings (SSSR count). The van der Waals surface area contributed by atoms with Gasteiger partial charge in [-0.2, -0.15) is 0 Å².